The summed E-state index contributed by atoms with van der Waals surface area (Å²) < 4.78 is 0. The quantitative estimate of drug-likeness (QED) is 0.542. The fourth-order valence-electron chi connectivity index (χ4n) is 1.59. The van der Waals surface area contributed by atoms with Crippen LogP contribution in [0.2, 0.25) is 0 Å². The van der Waals surface area contributed by atoms with Gasteiger partial charge in [-0.1, -0.05) is 13.3 Å². The molecule has 1 heterocycles. The molecule has 1 unspecified atom stereocenters. The van der Waals surface area contributed by atoms with E-state index in [-0.39, 0.29) is 18.0 Å². The number of nitrogens with zero attached hydrogens (tertiary/aromatic N) is 2. The summed E-state index contributed by atoms with van der Waals surface area (Å²) in [6, 6.07) is 1.31. The van der Waals surface area contributed by atoms with Crippen LogP contribution in [-0.2, 0) is 4.79 Å². The number of hydrogen-bond donors (Lipinski definition) is 1. The number of urea groups is 1. The number of unbranched alkanes of at least 4 members (excludes halogenated alkanes) is 1. The predicted molar refractivity (Wildman–Crippen MR) is 53.8 cm³/mol. The van der Waals surface area contributed by atoms with E-state index in [1.807, 2.05) is 13.0 Å². The molecule has 1 aliphatic rings. The summed E-state index contributed by atoms with van der Waals surface area (Å²) >= 11 is 0. The normalized spacial score (nSPS) is 20.3. The Bertz CT molecular complexity index is 296. The summed E-state index contributed by atoms with van der Waals surface area (Å²) in [5.74, 6) is -0.153. The molecule has 0 aromatic heterocycles. The second kappa shape index (κ2) is 5.35. The molecule has 82 valence electrons. The Hall–Kier alpha value is -1.57. The lowest BCUT2D eigenvalue weighted by Gasteiger charge is -2.11. The van der Waals surface area contributed by atoms with Crippen molar-refractivity contribution in [3.05, 3.63) is 0 Å². The van der Waals surface area contributed by atoms with Gasteiger partial charge in [-0.2, -0.15) is 5.26 Å². The number of rotatable bonds is 5. The van der Waals surface area contributed by atoms with Crippen molar-refractivity contribution >= 4 is 11.9 Å². The highest BCUT2D eigenvalue weighted by atomic mass is 16.2. The molecule has 5 nitrogen and oxygen atoms in total. The molecule has 0 aromatic rings. The average molecular weight is 209 g/mol. The predicted octanol–water partition coefficient (Wildman–Crippen LogP) is 1.01. The maximum absolute atomic E-state index is 11.7. The minimum atomic E-state index is -0.357. The molecule has 1 atom stereocenters. The molecule has 1 rings (SSSR count). The van der Waals surface area contributed by atoms with Crippen molar-refractivity contribution in [1.82, 2.24) is 10.2 Å². The zero-order chi connectivity index (χ0) is 11.3. The first-order valence-electron chi connectivity index (χ1n) is 5.19. The number of carbonyl (C=O) groups is 2. The zero-order valence-corrected chi connectivity index (χ0v) is 8.82. The fraction of sp³-hybridized carbons (Fsp3) is 0.700. The van der Waals surface area contributed by atoms with Crippen LogP contribution in [-0.4, -0.2) is 29.4 Å². The minimum Gasteiger partial charge on any atom is -0.326 e. The molecule has 5 heteroatoms. The van der Waals surface area contributed by atoms with Crippen LogP contribution < -0.4 is 5.32 Å². The van der Waals surface area contributed by atoms with Gasteiger partial charge in [-0.3, -0.25) is 9.69 Å². The van der Waals surface area contributed by atoms with E-state index in [1.54, 1.807) is 0 Å². The van der Waals surface area contributed by atoms with Crippen LogP contribution in [0.15, 0.2) is 0 Å². The van der Waals surface area contributed by atoms with Crippen molar-refractivity contribution in [3.8, 4) is 6.07 Å². The summed E-state index contributed by atoms with van der Waals surface area (Å²) in [5, 5.41) is 11.0. The Balaban J connectivity index is 2.48. The van der Waals surface area contributed by atoms with Crippen LogP contribution in [0.3, 0.4) is 0 Å². The molecule has 1 saturated heterocycles. The van der Waals surface area contributed by atoms with Gasteiger partial charge in [0.2, 0.25) is 0 Å². The lowest BCUT2D eigenvalue weighted by atomic mass is 10.1. The summed E-state index contributed by atoms with van der Waals surface area (Å²) in [4.78, 5) is 24.2. The molecule has 0 radical (unpaired) electrons. The SMILES string of the molecule is CCCC1NC(=O)N(CCCC#N)C1=O. The second-order valence-electron chi connectivity index (χ2n) is 3.54. The van der Waals surface area contributed by atoms with Crippen LogP contribution in [0.25, 0.3) is 0 Å². The van der Waals surface area contributed by atoms with E-state index < -0.39 is 0 Å². The maximum Gasteiger partial charge on any atom is 0.324 e. The van der Waals surface area contributed by atoms with E-state index in [0.717, 1.165) is 6.42 Å². The second-order valence-corrected chi connectivity index (χ2v) is 3.54. The standard InChI is InChI=1S/C10H15N3O2/c1-2-5-8-9(14)13(10(15)12-8)7-4-3-6-11/h8H,2-5,7H2,1H3,(H,12,15). The average Bonchev–Trinajstić information content (AvgIpc) is 2.46. The highest BCUT2D eigenvalue weighted by Crippen LogP contribution is 2.11. The number of carbonyl (C=O) groups excluding carboxylic acids is 2. The molecule has 0 bridgehead atoms. The van der Waals surface area contributed by atoms with Gasteiger partial charge in [0.1, 0.15) is 6.04 Å². The van der Waals surface area contributed by atoms with Gasteiger partial charge in [-0.05, 0) is 12.8 Å². The molecule has 1 aliphatic heterocycles. The number of hydrogen-bond acceptors (Lipinski definition) is 3. The monoisotopic (exact) mass is 209 g/mol. The molecule has 1 N–H and O–H groups in total. The van der Waals surface area contributed by atoms with Gasteiger partial charge in [0.05, 0.1) is 6.07 Å². The van der Waals surface area contributed by atoms with Gasteiger partial charge >= 0.3 is 6.03 Å². The van der Waals surface area contributed by atoms with Crippen LogP contribution in [0.1, 0.15) is 32.6 Å². The molecule has 1 fully saturated rings. The molecule has 0 spiro atoms. The Morgan fingerprint density at radius 1 is 1.53 bits per heavy atom. The summed E-state index contributed by atoms with van der Waals surface area (Å²) in [6.45, 7) is 2.32. The van der Waals surface area contributed by atoms with Gasteiger partial charge in [0, 0.05) is 13.0 Å². The van der Waals surface area contributed by atoms with E-state index in [2.05, 4.69) is 5.32 Å². The zero-order valence-electron chi connectivity index (χ0n) is 8.82. The first-order chi connectivity index (χ1) is 7.20. The Morgan fingerprint density at radius 3 is 2.87 bits per heavy atom. The van der Waals surface area contributed by atoms with Gasteiger partial charge in [-0.15, -0.1) is 0 Å². The highest BCUT2D eigenvalue weighted by molar-refractivity contribution is 6.04. The Kier molecular flexibility index (Phi) is 4.10. The van der Waals surface area contributed by atoms with E-state index in [4.69, 9.17) is 5.26 Å². The lowest BCUT2D eigenvalue weighted by molar-refractivity contribution is -0.127. The van der Waals surface area contributed by atoms with Crippen molar-refractivity contribution in [1.29, 1.82) is 5.26 Å². The first kappa shape index (κ1) is 11.5. The van der Waals surface area contributed by atoms with E-state index in [9.17, 15) is 9.59 Å². The van der Waals surface area contributed by atoms with Crippen LogP contribution in [0.5, 0.6) is 0 Å². The fourth-order valence-corrected chi connectivity index (χ4v) is 1.59. The van der Waals surface area contributed by atoms with Crippen LogP contribution >= 0.6 is 0 Å². The molecule has 0 saturated carbocycles. The number of nitriles is 1. The van der Waals surface area contributed by atoms with Crippen LogP contribution in [0.4, 0.5) is 4.79 Å². The molecule has 0 aliphatic carbocycles. The van der Waals surface area contributed by atoms with Crippen molar-refractivity contribution < 1.29 is 9.59 Å². The van der Waals surface area contributed by atoms with Gasteiger partial charge in [-0.25, -0.2) is 4.79 Å². The van der Waals surface area contributed by atoms with E-state index >= 15 is 0 Å². The van der Waals surface area contributed by atoms with Crippen LogP contribution in [0, 0.1) is 11.3 Å². The molecule has 15 heavy (non-hydrogen) atoms. The highest BCUT2D eigenvalue weighted by Gasteiger charge is 2.36. The van der Waals surface area contributed by atoms with Crippen molar-refractivity contribution in [3.63, 3.8) is 0 Å². The van der Waals surface area contributed by atoms with Crippen molar-refractivity contribution in [2.45, 2.75) is 38.6 Å². The van der Waals surface area contributed by atoms with Gasteiger partial charge < -0.3 is 5.32 Å². The first-order valence-corrected chi connectivity index (χ1v) is 5.19. The Morgan fingerprint density at radius 2 is 2.27 bits per heavy atom. The largest absolute Gasteiger partial charge is 0.326 e. The van der Waals surface area contributed by atoms with E-state index in [1.165, 1.54) is 4.90 Å². The summed E-state index contributed by atoms with van der Waals surface area (Å²) in [5.41, 5.74) is 0. The van der Waals surface area contributed by atoms with Gasteiger partial charge in [0.25, 0.3) is 5.91 Å². The topological polar surface area (TPSA) is 73.2 Å². The molecular formula is C10H15N3O2. The third-order valence-corrected chi connectivity index (χ3v) is 2.35. The summed E-state index contributed by atoms with van der Waals surface area (Å²) in [6.07, 6.45) is 2.46. The smallest absolute Gasteiger partial charge is 0.324 e. The molecular weight excluding hydrogens is 194 g/mol. The van der Waals surface area contributed by atoms with Crippen molar-refractivity contribution in [2.75, 3.05) is 6.54 Å². The number of imide groups is 1. The number of amides is 3. The Labute approximate surface area is 89.0 Å². The van der Waals surface area contributed by atoms with Crippen molar-refractivity contribution in [2.24, 2.45) is 0 Å². The lowest BCUT2D eigenvalue weighted by Crippen LogP contribution is -2.32. The molecule has 0 aromatic carbocycles. The maximum atomic E-state index is 11.7. The third kappa shape index (κ3) is 2.69. The number of nitrogens with one attached hydrogen (secondary N) is 1. The van der Waals surface area contributed by atoms with Gasteiger partial charge in [0.15, 0.2) is 0 Å². The van der Waals surface area contributed by atoms with E-state index in [0.29, 0.717) is 25.8 Å². The third-order valence-electron chi connectivity index (χ3n) is 2.35. The summed E-state index contributed by atoms with van der Waals surface area (Å²) in [7, 11) is 0. The minimum absolute atomic E-state index is 0.153. The molecule has 3 amide bonds.